The van der Waals surface area contributed by atoms with Crippen LogP contribution in [0.5, 0.6) is 0 Å². The fraction of sp³-hybridized carbons (Fsp3) is 0.0455. The molecule has 1 aromatic heterocycles. The molecule has 0 aliphatic carbocycles. The van der Waals surface area contributed by atoms with Crippen LogP contribution in [0.3, 0.4) is 0 Å². The van der Waals surface area contributed by atoms with Crippen molar-refractivity contribution in [2.75, 3.05) is 11.9 Å². The van der Waals surface area contributed by atoms with Gasteiger partial charge in [-0.05, 0) is 48.2 Å². The van der Waals surface area contributed by atoms with Gasteiger partial charge in [0.15, 0.2) is 5.09 Å². The van der Waals surface area contributed by atoms with Gasteiger partial charge in [-0.1, -0.05) is 53.7 Å². The largest absolute Gasteiger partial charge is 0.450 e. The second-order valence-corrected chi connectivity index (χ2v) is 8.85. The molecule has 0 saturated carbocycles. The number of amides is 3. The molecule has 0 spiro atoms. The molecule has 9 heteroatoms. The first-order valence-electron chi connectivity index (χ1n) is 9.12. The van der Waals surface area contributed by atoms with Gasteiger partial charge in [-0.25, -0.2) is 0 Å². The number of thioether (sulfide) groups is 1. The van der Waals surface area contributed by atoms with Crippen LogP contribution in [0.15, 0.2) is 86.0 Å². The molecule has 1 aliphatic rings. The van der Waals surface area contributed by atoms with Crippen LogP contribution >= 0.6 is 35.1 Å². The van der Waals surface area contributed by atoms with Crippen LogP contribution in [0.4, 0.5) is 10.5 Å². The summed E-state index contributed by atoms with van der Waals surface area (Å²) in [6.07, 6.45) is 1.51. The van der Waals surface area contributed by atoms with E-state index >= 15 is 0 Å². The molecule has 2 heterocycles. The van der Waals surface area contributed by atoms with Crippen molar-refractivity contribution in [3.8, 4) is 0 Å². The number of furan rings is 1. The number of benzene rings is 2. The van der Waals surface area contributed by atoms with Gasteiger partial charge in [-0.15, -0.1) is 0 Å². The maximum atomic E-state index is 12.6. The maximum absolute atomic E-state index is 12.6. The van der Waals surface area contributed by atoms with Crippen LogP contribution in [0, 0.1) is 0 Å². The number of imide groups is 1. The highest BCUT2D eigenvalue weighted by molar-refractivity contribution is 8.18. The Kier molecular flexibility index (Phi) is 6.50. The predicted octanol–water partition coefficient (Wildman–Crippen LogP) is 5.76. The number of carbonyl (C=O) groups excluding carboxylic acids is 3. The standard InChI is InChI=1S/C22H15ClN2O4S2/c23-16-8-4-5-9-17(16)24-19(26)13-25-21(27)18(31-22(25)28)12-14-10-11-20(29-14)30-15-6-2-1-3-7-15/h1-12H,13H2,(H,24,26)/b18-12+. The monoisotopic (exact) mass is 470 g/mol. The lowest BCUT2D eigenvalue weighted by atomic mass is 10.3. The lowest BCUT2D eigenvalue weighted by molar-refractivity contribution is -0.127. The molecule has 0 bridgehead atoms. The summed E-state index contributed by atoms with van der Waals surface area (Å²) in [6.45, 7) is -0.402. The van der Waals surface area contributed by atoms with Crippen molar-refractivity contribution in [2.45, 2.75) is 9.99 Å². The molecule has 1 fully saturated rings. The molecule has 1 saturated heterocycles. The predicted molar refractivity (Wildman–Crippen MR) is 122 cm³/mol. The number of hydrogen-bond acceptors (Lipinski definition) is 6. The number of rotatable bonds is 6. The zero-order valence-corrected chi connectivity index (χ0v) is 18.3. The number of nitrogens with zero attached hydrogens (tertiary/aromatic N) is 1. The lowest BCUT2D eigenvalue weighted by Gasteiger charge is -2.13. The third-order valence-corrected chi connectivity index (χ3v) is 6.33. The Balaban J connectivity index is 1.41. The van der Waals surface area contributed by atoms with Crippen molar-refractivity contribution in [1.82, 2.24) is 4.90 Å². The Morgan fingerprint density at radius 2 is 1.81 bits per heavy atom. The second-order valence-electron chi connectivity index (χ2n) is 6.37. The molecule has 3 aromatic rings. The number of anilines is 1. The Hall–Kier alpha value is -2.94. The molecule has 156 valence electrons. The van der Waals surface area contributed by atoms with E-state index in [0.29, 0.717) is 21.6 Å². The zero-order valence-electron chi connectivity index (χ0n) is 15.9. The van der Waals surface area contributed by atoms with Crippen LogP contribution in [0.2, 0.25) is 5.02 Å². The number of carbonyl (C=O) groups is 3. The summed E-state index contributed by atoms with van der Waals surface area (Å²) in [6, 6.07) is 20.0. The van der Waals surface area contributed by atoms with E-state index in [1.165, 1.54) is 17.8 Å². The minimum absolute atomic E-state index is 0.196. The van der Waals surface area contributed by atoms with Gasteiger partial charge in [0.1, 0.15) is 12.3 Å². The van der Waals surface area contributed by atoms with Gasteiger partial charge in [0.2, 0.25) is 5.91 Å². The highest BCUT2D eigenvalue weighted by Crippen LogP contribution is 2.34. The number of hydrogen-bond donors (Lipinski definition) is 1. The van der Waals surface area contributed by atoms with E-state index in [4.69, 9.17) is 16.0 Å². The normalized spacial score (nSPS) is 15.0. The molecule has 2 aromatic carbocycles. The number of nitrogens with one attached hydrogen (secondary N) is 1. The van der Waals surface area contributed by atoms with Gasteiger partial charge in [0.05, 0.1) is 15.6 Å². The number of halogens is 1. The summed E-state index contributed by atoms with van der Waals surface area (Å²) in [7, 11) is 0. The molecule has 1 aliphatic heterocycles. The van der Waals surface area contributed by atoms with Gasteiger partial charge in [-0.2, -0.15) is 0 Å². The number of para-hydroxylation sites is 1. The Labute approximate surface area is 191 Å². The minimum Gasteiger partial charge on any atom is -0.450 e. The van der Waals surface area contributed by atoms with Crippen molar-refractivity contribution >= 4 is 63.9 Å². The van der Waals surface area contributed by atoms with Crippen LogP contribution < -0.4 is 5.32 Å². The molecule has 0 atom stereocenters. The zero-order chi connectivity index (χ0) is 21.8. The van der Waals surface area contributed by atoms with E-state index in [9.17, 15) is 14.4 Å². The maximum Gasteiger partial charge on any atom is 0.294 e. The first-order chi connectivity index (χ1) is 15.0. The van der Waals surface area contributed by atoms with Crippen molar-refractivity contribution in [3.05, 3.63) is 82.4 Å². The summed E-state index contributed by atoms with van der Waals surface area (Å²) >= 11 is 8.24. The Bertz CT molecular complexity index is 1180. The smallest absolute Gasteiger partial charge is 0.294 e. The highest BCUT2D eigenvalue weighted by atomic mass is 35.5. The van der Waals surface area contributed by atoms with Gasteiger partial charge < -0.3 is 9.73 Å². The van der Waals surface area contributed by atoms with E-state index < -0.39 is 23.6 Å². The average Bonchev–Trinajstić information content (AvgIpc) is 3.30. The van der Waals surface area contributed by atoms with E-state index in [1.807, 2.05) is 30.3 Å². The lowest BCUT2D eigenvalue weighted by Crippen LogP contribution is -2.36. The summed E-state index contributed by atoms with van der Waals surface area (Å²) < 4.78 is 5.74. The fourth-order valence-electron chi connectivity index (χ4n) is 2.73. The SMILES string of the molecule is O=C(CN1C(=O)S/C(=C/c2ccc(Sc3ccccc3)o2)C1=O)Nc1ccccc1Cl. The summed E-state index contributed by atoms with van der Waals surface area (Å²) in [5, 5.41) is 3.11. The van der Waals surface area contributed by atoms with E-state index in [-0.39, 0.29) is 4.91 Å². The third-order valence-electron chi connectivity index (χ3n) is 4.16. The van der Waals surface area contributed by atoms with Crippen molar-refractivity contribution in [1.29, 1.82) is 0 Å². The molecule has 3 amide bonds. The van der Waals surface area contributed by atoms with E-state index in [1.54, 1.807) is 36.4 Å². The third kappa shape index (κ3) is 5.22. The minimum atomic E-state index is -0.544. The fourth-order valence-corrected chi connectivity index (χ4v) is 4.53. The molecule has 4 rings (SSSR count). The molecule has 0 unspecified atom stereocenters. The van der Waals surface area contributed by atoms with E-state index in [2.05, 4.69) is 5.32 Å². The molecule has 0 radical (unpaired) electrons. The molecular weight excluding hydrogens is 456 g/mol. The van der Waals surface area contributed by atoms with Gasteiger partial charge >= 0.3 is 0 Å². The van der Waals surface area contributed by atoms with Gasteiger partial charge in [0.25, 0.3) is 11.1 Å². The average molecular weight is 471 g/mol. The Morgan fingerprint density at radius 1 is 1.06 bits per heavy atom. The quantitative estimate of drug-likeness (QED) is 0.461. The molecule has 31 heavy (non-hydrogen) atoms. The highest BCUT2D eigenvalue weighted by Gasteiger charge is 2.36. The second kappa shape index (κ2) is 9.47. The van der Waals surface area contributed by atoms with Crippen LogP contribution in [0.25, 0.3) is 6.08 Å². The molecule has 1 N–H and O–H groups in total. The first kappa shape index (κ1) is 21.3. The first-order valence-corrected chi connectivity index (χ1v) is 11.1. The molecule has 6 nitrogen and oxygen atoms in total. The van der Waals surface area contributed by atoms with Crippen LogP contribution in [-0.4, -0.2) is 28.5 Å². The van der Waals surface area contributed by atoms with E-state index in [0.717, 1.165) is 21.6 Å². The summed E-state index contributed by atoms with van der Waals surface area (Å²) in [4.78, 5) is 39.3. The summed E-state index contributed by atoms with van der Waals surface area (Å²) in [5.41, 5.74) is 0.413. The van der Waals surface area contributed by atoms with Gasteiger partial charge in [0, 0.05) is 11.0 Å². The topological polar surface area (TPSA) is 79.6 Å². The van der Waals surface area contributed by atoms with Crippen LogP contribution in [-0.2, 0) is 9.59 Å². The van der Waals surface area contributed by atoms with Gasteiger partial charge in [-0.3, -0.25) is 19.3 Å². The van der Waals surface area contributed by atoms with Crippen molar-refractivity contribution < 1.29 is 18.8 Å². The summed E-state index contributed by atoms with van der Waals surface area (Å²) in [5.74, 6) is -0.612. The Morgan fingerprint density at radius 3 is 2.58 bits per heavy atom. The van der Waals surface area contributed by atoms with Crippen molar-refractivity contribution in [2.24, 2.45) is 0 Å². The molecular formula is C22H15ClN2O4S2. The van der Waals surface area contributed by atoms with Crippen molar-refractivity contribution in [3.63, 3.8) is 0 Å². The van der Waals surface area contributed by atoms with Crippen LogP contribution in [0.1, 0.15) is 5.76 Å².